The summed E-state index contributed by atoms with van der Waals surface area (Å²) < 4.78 is 1.08. The predicted octanol–water partition coefficient (Wildman–Crippen LogP) is 3.00. The summed E-state index contributed by atoms with van der Waals surface area (Å²) in [6.07, 6.45) is 3.87. The van der Waals surface area contributed by atoms with Gasteiger partial charge in [0.25, 0.3) is 0 Å². The first-order valence-corrected chi connectivity index (χ1v) is 8.81. The van der Waals surface area contributed by atoms with Gasteiger partial charge in [0.2, 0.25) is 0 Å². The van der Waals surface area contributed by atoms with E-state index in [0.717, 1.165) is 35.1 Å². The van der Waals surface area contributed by atoms with Gasteiger partial charge in [0.05, 0.1) is 0 Å². The summed E-state index contributed by atoms with van der Waals surface area (Å²) in [5, 5.41) is 0. The van der Waals surface area contributed by atoms with Crippen molar-refractivity contribution in [3.05, 3.63) is 28.2 Å². The number of rotatable bonds is 2. The number of hydrogen-bond donors (Lipinski definition) is 1. The number of nitrogens with two attached hydrogens (primary N) is 1. The highest BCUT2D eigenvalue weighted by Gasteiger charge is 2.34. The summed E-state index contributed by atoms with van der Waals surface area (Å²) in [6.45, 7) is 3.44. The van der Waals surface area contributed by atoms with Gasteiger partial charge in [0.1, 0.15) is 4.99 Å². The minimum atomic E-state index is 0.486. The molecule has 5 heteroatoms. The SMILES string of the molecule is CN1CCCC2CN(c3cc(Br)ccc3C(N)=S)CCC21. The Kier molecular flexibility index (Phi) is 4.52. The van der Waals surface area contributed by atoms with Crippen LogP contribution in [0.5, 0.6) is 0 Å². The minimum absolute atomic E-state index is 0.486. The van der Waals surface area contributed by atoms with Crippen molar-refractivity contribution in [2.24, 2.45) is 11.7 Å². The highest BCUT2D eigenvalue weighted by atomic mass is 79.9. The average molecular weight is 368 g/mol. The molecule has 2 saturated heterocycles. The molecule has 114 valence electrons. The Balaban J connectivity index is 1.85. The molecule has 3 rings (SSSR count). The van der Waals surface area contributed by atoms with Gasteiger partial charge in [-0.05, 0) is 57.0 Å². The Labute approximate surface area is 140 Å². The summed E-state index contributed by atoms with van der Waals surface area (Å²) in [5.41, 5.74) is 8.09. The molecule has 0 saturated carbocycles. The summed E-state index contributed by atoms with van der Waals surface area (Å²) in [7, 11) is 2.27. The highest BCUT2D eigenvalue weighted by Crippen LogP contribution is 2.34. The van der Waals surface area contributed by atoms with E-state index in [1.165, 1.54) is 31.5 Å². The minimum Gasteiger partial charge on any atom is -0.389 e. The normalized spacial score (nSPS) is 26.5. The fraction of sp³-hybridized carbons (Fsp3) is 0.562. The van der Waals surface area contributed by atoms with Crippen LogP contribution in [0, 0.1) is 5.92 Å². The van der Waals surface area contributed by atoms with Gasteiger partial charge in [-0.2, -0.15) is 0 Å². The predicted molar refractivity (Wildman–Crippen MR) is 96.0 cm³/mol. The summed E-state index contributed by atoms with van der Waals surface area (Å²) in [5.74, 6) is 0.760. The number of halogens is 1. The summed E-state index contributed by atoms with van der Waals surface area (Å²) in [4.78, 5) is 5.50. The number of nitrogens with zero attached hydrogens (tertiary/aromatic N) is 2. The first-order valence-electron chi connectivity index (χ1n) is 7.61. The molecule has 3 nitrogen and oxygen atoms in total. The van der Waals surface area contributed by atoms with Crippen LogP contribution in [0.3, 0.4) is 0 Å². The van der Waals surface area contributed by atoms with Crippen LogP contribution in [0.25, 0.3) is 0 Å². The molecule has 1 aromatic rings. The number of piperidine rings is 2. The van der Waals surface area contributed by atoms with Gasteiger partial charge in [-0.3, -0.25) is 0 Å². The lowest BCUT2D eigenvalue weighted by Crippen LogP contribution is -2.53. The molecule has 2 fully saturated rings. The number of thiocarbonyl (C=S) groups is 1. The zero-order valence-corrected chi connectivity index (χ0v) is 14.8. The standard InChI is InChI=1S/C16H22BrN3S/c1-19-7-2-3-11-10-20(8-6-14(11)19)15-9-12(17)4-5-13(15)16(18)21/h4-5,9,11,14H,2-3,6-8,10H2,1H3,(H2,18,21). The molecule has 0 spiro atoms. The number of hydrogen-bond acceptors (Lipinski definition) is 3. The van der Waals surface area contributed by atoms with Crippen molar-refractivity contribution in [1.82, 2.24) is 4.90 Å². The third-order valence-electron chi connectivity index (χ3n) is 4.91. The zero-order chi connectivity index (χ0) is 15.0. The second-order valence-corrected chi connectivity index (χ2v) is 7.57. The van der Waals surface area contributed by atoms with Crippen LogP contribution in [0.15, 0.2) is 22.7 Å². The smallest absolute Gasteiger partial charge is 0.106 e. The Hall–Kier alpha value is -0.650. The van der Waals surface area contributed by atoms with Crippen molar-refractivity contribution in [3.63, 3.8) is 0 Å². The molecule has 21 heavy (non-hydrogen) atoms. The van der Waals surface area contributed by atoms with Gasteiger partial charge < -0.3 is 15.5 Å². The molecule has 0 aliphatic carbocycles. The van der Waals surface area contributed by atoms with Gasteiger partial charge in [-0.1, -0.05) is 28.1 Å². The number of benzene rings is 1. The Morgan fingerprint density at radius 2 is 2.14 bits per heavy atom. The Morgan fingerprint density at radius 3 is 2.90 bits per heavy atom. The average Bonchev–Trinajstić information content (AvgIpc) is 2.46. The van der Waals surface area contributed by atoms with E-state index in [9.17, 15) is 0 Å². The molecule has 2 aliphatic rings. The lowest BCUT2D eigenvalue weighted by atomic mass is 9.84. The third kappa shape index (κ3) is 3.10. The van der Waals surface area contributed by atoms with Crippen molar-refractivity contribution in [2.45, 2.75) is 25.3 Å². The largest absolute Gasteiger partial charge is 0.389 e. The van der Waals surface area contributed by atoms with Gasteiger partial charge in [0.15, 0.2) is 0 Å². The lowest BCUT2D eigenvalue weighted by Gasteiger charge is -2.47. The molecule has 1 aromatic carbocycles. The van der Waals surface area contributed by atoms with Crippen molar-refractivity contribution in [1.29, 1.82) is 0 Å². The van der Waals surface area contributed by atoms with Gasteiger partial charge >= 0.3 is 0 Å². The fourth-order valence-corrected chi connectivity index (χ4v) is 4.37. The Morgan fingerprint density at radius 1 is 1.33 bits per heavy atom. The van der Waals surface area contributed by atoms with Gasteiger partial charge in [-0.25, -0.2) is 0 Å². The highest BCUT2D eigenvalue weighted by molar-refractivity contribution is 9.10. The number of likely N-dealkylation sites (tertiary alicyclic amines) is 1. The first-order chi connectivity index (χ1) is 10.1. The monoisotopic (exact) mass is 367 g/mol. The molecule has 0 radical (unpaired) electrons. The number of anilines is 1. The van der Waals surface area contributed by atoms with Crippen LogP contribution >= 0.6 is 28.1 Å². The second kappa shape index (κ2) is 6.23. The van der Waals surface area contributed by atoms with E-state index >= 15 is 0 Å². The molecule has 0 aromatic heterocycles. The quantitative estimate of drug-likeness (QED) is 0.814. The fourth-order valence-electron chi connectivity index (χ4n) is 3.85. The maximum Gasteiger partial charge on any atom is 0.106 e. The molecule has 0 bridgehead atoms. The van der Waals surface area contributed by atoms with E-state index in [0.29, 0.717) is 4.99 Å². The second-order valence-electron chi connectivity index (χ2n) is 6.21. The third-order valence-corrected chi connectivity index (χ3v) is 5.62. The van der Waals surface area contributed by atoms with Gasteiger partial charge in [-0.15, -0.1) is 0 Å². The van der Waals surface area contributed by atoms with Crippen molar-refractivity contribution >= 4 is 38.8 Å². The molecule has 0 amide bonds. The van der Waals surface area contributed by atoms with Crippen molar-refractivity contribution in [3.8, 4) is 0 Å². The van der Waals surface area contributed by atoms with E-state index in [1.54, 1.807) is 0 Å². The van der Waals surface area contributed by atoms with Crippen LogP contribution in [0.1, 0.15) is 24.8 Å². The number of fused-ring (bicyclic) bond motifs is 1. The van der Waals surface area contributed by atoms with Crippen molar-refractivity contribution < 1.29 is 0 Å². The van der Waals surface area contributed by atoms with Crippen molar-refractivity contribution in [2.75, 3.05) is 31.6 Å². The van der Waals surface area contributed by atoms with Crippen LogP contribution < -0.4 is 10.6 Å². The van der Waals surface area contributed by atoms with Gasteiger partial charge in [0, 0.05) is 34.9 Å². The molecule has 2 N–H and O–H groups in total. The van der Waals surface area contributed by atoms with E-state index in [-0.39, 0.29) is 0 Å². The topological polar surface area (TPSA) is 32.5 Å². The molecule has 2 aliphatic heterocycles. The summed E-state index contributed by atoms with van der Waals surface area (Å²) in [6, 6.07) is 6.94. The maximum atomic E-state index is 5.91. The van der Waals surface area contributed by atoms with Crippen LogP contribution in [-0.4, -0.2) is 42.6 Å². The molecule has 2 heterocycles. The van der Waals surface area contributed by atoms with Crippen LogP contribution in [-0.2, 0) is 0 Å². The Bertz CT molecular complexity index is 548. The van der Waals surface area contributed by atoms with Crippen LogP contribution in [0.4, 0.5) is 5.69 Å². The zero-order valence-electron chi connectivity index (χ0n) is 12.4. The molecular weight excluding hydrogens is 346 g/mol. The first kappa shape index (κ1) is 15.3. The van der Waals surface area contributed by atoms with E-state index in [2.05, 4.69) is 38.8 Å². The lowest BCUT2D eigenvalue weighted by molar-refractivity contribution is 0.102. The van der Waals surface area contributed by atoms with E-state index in [1.807, 2.05) is 12.1 Å². The molecular formula is C16H22BrN3S. The molecule has 2 unspecified atom stereocenters. The van der Waals surface area contributed by atoms with E-state index < -0.39 is 0 Å². The van der Waals surface area contributed by atoms with E-state index in [4.69, 9.17) is 18.0 Å². The molecule has 2 atom stereocenters. The maximum absolute atomic E-state index is 5.91. The van der Waals surface area contributed by atoms with Crippen LogP contribution in [0.2, 0.25) is 0 Å². The summed E-state index contributed by atoms with van der Waals surface area (Å²) >= 11 is 8.79.